The molecule has 1 saturated carbocycles. The van der Waals surface area contributed by atoms with Crippen molar-refractivity contribution in [1.82, 2.24) is 10.2 Å². The van der Waals surface area contributed by atoms with Gasteiger partial charge in [-0.1, -0.05) is 30.3 Å². The SMILES string of the molecule is CCOC(=O)C(CN(C)C1CC1)(NC)c1ccccc1. The lowest BCUT2D eigenvalue weighted by Gasteiger charge is -2.35. The van der Waals surface area contributed by atoms with Crippen LogP contribution in [0.5, 0.6) is 0 Å². The average molecular weight is 276 g/mol. The van der Waals surface area contributed by atoms with Crippen LogP contribution in [0.15, 0.2) is 30.3 Å². The molecule has 1 N–H and O–H groups in total. The van der Waals surface area contributed by atoms with Crippen molar-refractivity contribution in [2.75, 3.05) is 27.2 Å². The second-order valence-electron chi connectivity index (χ2n) is 5.39. The maximum Gasteiger partial charge on any atom is 0.332 e. The molecule has 0 spiro atoms. The van der Waals surface area contributed by atoms with Gasteiger partial charge in [0.15, 0.2) is 5.54 Å². The molecule has 0 aliphatic heterocycles. The van der Waals surface area contributed by atoms with E-state index in [1.807, 2.05) is 44.3 Å². The van der Waals surface area contributed by atoms with E-state index in [4.69, 9.17) is 4.74 Å². The van der Waals surface area contributed by atoms with Crippen molar-refractivity contribution in [3.8, 4) is 0 Å². The minimum absolute atomic E-state index is 0.207. The number of nitrogens with one attached hydrogen (secondary N) is 1. The second-order valence-corrected chi connectivity index (χ2v) is 5.39. The Morgan fingerprint density at radius 3 is 2.55 bits per heavy atom. The summed E-state index contributed by atoms with van der Waals surface area (Å²) in [4.78, 5) is 14.8. The van der Waals surface area contributed by atoms with Crippen molar-refractivity contribution in [2.45, 2.75) is 31.3 Å². The normalized spacial score (nSPS) is 17.8. The standard InChI is InChI=1S/C16H24N2O2/c1-4-20-15(19)16(17-2,12-18(3)14-10-11-14)13-8-6-5-7-9-13/h5-9,14,17H,4,10-12H2,1-3H3. The Hall–Kier alpha value is -1.39. The van der Waals surface area contributed by atoms with Gasteiger partial charge in [-0.2, -0.15) is 0 Å². The summed E-state index contributed by atoms with van der Waals surface area (Å²) in [6.07, 6.45) is 2.43. The van der Waals surface area contributed by atoms with Crippen LogP contribution in [0.4, 0.5) is 0 Å². The minimum Gasteiger partial charge on any atom is -0.464 e. The Balaban J connectivity index is 2.31. The maximum atomic E-state index is 12.6. The first-order valence-corrected chi connectivity index (χ1v) is 7.26. The number of carbonyl (C=O) groups is 1. The van der Waals surface area contributed by atoms with Crippen molar-refractivity contribution in [3.63, 3.8) is 0 Å². The lowest BCUT2D eigenvalue weighted by molar-refractivity contribution is -0.152. The van der Waals surface area contributed by atoms with E-state index in [0.717, 1.165) is 5.56 Å². The fourth-order valence-corrected chi connectivity index (χ4v) is 2.59. The van der Waals surface area contributed by atoms with E-state index in [9.17, 15) is 4.79 Å². The lowest BCUT2D eigenvalue weighted by atomic mass is 9.89. The Kier molecular flexibility index (Phi) is 4.78. The maximum absolute atomic E-state index is 12.6. The lowest BCUT2D eigenvalue weighted by Crippen LogP contribution is -2.55. The zero-order chi connectivity index (χ0) is 14.6. The molecular weight excluding hydrogens is 252 g/mol. The van der Waals surface area contributed by atoms with Gasteiger partial charge >= 0.3 is 5.97 Å². The molecule has 0 bridgehead atoms. The van der Waals surface area contributed by atoms with Gasteiger partial charge in [0, 0.05) is 12.6 Å². The number of esters is 1. The van der Waals surface area contributed by atoms with Crippen LogP contribution in [0.1, 0.15) is 25.3 Å². The molecule has 1 aromatic carbocycles. The van der Waals surface area contributed by atoms with Crippen molar-refractivity contribution < 1.29 is 9.53 Å². The smallest absolute Gasteiger partial charge is 0.332 e. The van der Waals surface area contributed by atoms with E-state index >= 15 is 0 Å². The van der Waals surface area contributed by atoms with E-state index in [1.54, 1.807) is 0 Å². The summed E-state index contributed by atoms with van der Waals surface area (Å²) in [5.74, 6) is -0.207. The number of nitrogens with zero attached hydrogens (tertiary/aromatic N) is 1. The molecule has 2 rings (SSSR count). The molecule has 1 aliphatic rings. The minimum atomic E-state index is -0.797. The molecule has 1 aromatic rings. The summed E-state index contributed by atoms with van der Waals surface area (Å²) >= 11 is 0. The Morgan fingerprint density at radius 2 is 2.05 bits per heavy atom. The van der Waals surface area contributed by atoms with Crippen LogP contribution in [0.2, 0.25) is 0 Å². The van der Waals surface area contributed by atoms with E-state index in [1.165, 1.54) is 12.8 Å². The van der Waals surface area contributed by atoms with Gasteiger partial charge in [0.05, 0.1) is 6.61 Å². The van der Waals surface area contributed by atoms with Gasteiger partial charge in [0.25, 0.3) is 0 Å². The fraction of sp³-hybridized carbons (Fsp3) is 0.562. The average Bonchev–Trinajstić information content (AvgIpc) is 3.30. The van der Waals surface area contributed by atoms with Crippen molar-refractivity contribution in [1.29, 1.82) is 0 Å². The van der Waals surface area contributed by atoms with E-state index < -0.39 is 5.54 Å². The van der Waals surface area contributed by atoms with Crippen LogP contribution in [-0.2, 0) is 15.1 Å². The van der Waals surface area contributed by atoms with Crippen LogP contribution in [0, 0.1) is 0 Å². The molecule has 1 fully saturated rings. The van der Waals surface area contributed by atoms with Crippen molar-refractivity contribution >= 4 is 5.97 Å². The van der Waals surface area contributed by atoms with Crippen molar-refractivity contribution in [3.05, 3.63) is 35.9 Å². The van der Waals surface area contributed by atoms with Gasteiger partial charge in [-0.15, -0.1) is 0 Å². The summed E-state index contributed by atoms with van der Waals surface area (Å²) < 4.78 is 5.33. The molecular formula is C16H24N2O2. The zero-order valence-electron chi connectivity index (χ0n) is 12.6. The molecule has 0 amide bonds. The first kappa shape index (κ1) is 15.0. The molecule has 20 heavy (non-hydrogen) atoms. The van der Waals surface area contributed by atoms with E-state index in [-0.39, 0.29) is 5.97 Å². The van der Waals surface area contributed by atoms with Crippen molar-refractivity contribution in [2.24, 2.45) is 0 Å². The summed E-state index contributed by atoms with van der Waals surface area (Å²) in [6, 6.07) is 10.4. The number of likely N-dealkylation sites (N-methyl/N-ethyl adjacent to an activating group) is 2. The Morgan fingerprint density at radius 1 is 1.40 bits per heavy atom. The van der Waals surface area contributed by atoms with Gasteiger partial charge < -0.3 is 15.0 Å². The van der Waals surface area contributed by atoms with Gasteiger partial charge in [-0.05, 0) is 39.4 Å². The molecule has 1 atom stereocenters. The second kappa shape index (κ2) is 6.37. The summed E-state index contributed by atoms with van der Waals surface area (Å²) in [5.41, 5.74) is 0.155. The molecule has 0 saturated heterocycles. The summed E-state index contributed by atoms with van der Waals surface area (Å²) in [7, 11) is 3.90. The summed E-state index contributed by atoms with van der Waals surface area (Å²) in [5, 5.41) is 3.21. The van der Waals surface area contributed by atoms with Gasteiger partial charge in [-0.3, -0.25) is 0 Å². The molecule has 1 unspecified atom stereocenters. The third kappa shape index (κ3) is 3.02. The van der Waals surface area contributed by atoms with Crippen LogP contribution < -0.4 is 5.32 Å². The largest absolute Gasteiger partial charge is 0.464 e. The number of carbonyl (C=O) groups excluding carboxylic acids is 1. The number of rotatable bonds is 7. The van der Waals surface area contributed by atoms with E-state index in [2.05, 4.69) is 17.3 Å². The van der Waals surface area contributed by atoms with Crippen LogP contribution in [-0.4, -0.2) is 44.2 Å². The Labute approximate surface area is 121 Å². The molecule has 4 nitrogen and oxygen atoms in total. The van der Waals surface area contributed by atoms with Gasteiger partial charge in [0.2, 0.25) is 0 Å². The Bertz CT molecular complexity index is 445. The number of hydrogen-bond acceptors (Lipinski definition) is 4. The first-order valence-electron chi connectivity index (χ1n) is 7.26. The highest BCUT2D eigenvalue weighted by Gasteiger charge is 2.43. The number of benzene rings is 1. The van der Waals surface area contributed by atoms with Crippen LogP contribution >= 0.6 is 0 Å². The number of hydrogen-bond donors (Lipinski definition) is 1. The molecule has 0 heterocycles. The van der Waals surface area contributed by atoms with E-state index in [0.29, 0.717) is 19.2 Å². The molecule has 4 heteroatoms. The topological polar surface area (TPSA) is 41.6 Å². The molecule has 110 valence electrons. The fourth-order valence-electron chi connectivity index (χ4n) is 2.59. The monoisotopic (exact) mass is 276 g/mol. The van der Waals surface area contributed by atoms with Gasteiger partial charge in [0.1, 0.15) is 0 Å². The highest BCUT2D eigenvalue weighted by atomic mass is 16.5. The first-order chi connectivity index (χ1) is 9.64. The molecule has 0 aromatic heterocycles. The number of ether oxygens (including phenoxy) is 1. The predicted octanol–water partition coefficient (Wildman–Crippen LogP) is 1.76. The third-order valence-electron chi connectivity index (χ3n) is 3.97. The zero-order valence-corrected chi connectivity index (χ0v) is 12.6. The third-order valence-corrected chi connectivity index (χ3v) is 3.97. The van der Waals surface area contributed by atoms with Crippen LogP contribution in [0.3, 0.4) is 0 Å². The molecule has 0 radical (unpaired) electrons. The van der Waals surface area contributed by atoms with Gasteiger partial charge in [-0.25, -0.2) is 4.79 Å². The van der Waals surface area contributed by atoms with Crippen LogP contribution in [0.25, 0.3) is 0 Å². The quantitative estimate of drug-likeness (QED) is 0.771. The predicted molar refractivity (Wildman–Crippen MR) is 79.5 cm³/mol. The highest BCUT2D eigenvalue weighted by Crippen LogP contribution is 2.30. The molecule has 1 aliphatic carbocycles. The summed E-state index contributed by atoms with van der Waals surface area (Å²) in [6.45, 7) is 2.85. The highest BCUT2D eigenvalue weighted by molar-refractivity contribution is 5.83.